The first-order valence-corrected chi connectivity index (χ1v) is 8.54. The molecule has 120 valence electrons. The summed E-state index contributed by atoms with van der Waals surface area (Å²) in [7, 11) is 3.71. The van der Waals surface area contributed by atoms with Crippen molar-refractivity contribution in [3.63, 3.8) is 0 Å². The van der Waals surface area contributed by atoms with Gasteiger partial charge in [0.1, 0.15) is 0 Å². The fraction of sp³-hybridized carbons (Fsp3) is 0.941. The molecule has 0 saturated heterocycles. The number of hydrogen-bond donors (Lipinski definition) is 1. The lowest BCUT2D eigenvalue weighted by molar-refractivity contribution is -0.133. The van der Waals surface area contributed by atoms with Crippen molar-refractivity contribution in [1.29, 1.82) is 0 Å². The van der Waals surface area contributed by atoms with Crippen LogP contribution in [0.5, 0.6) is 0 Å². The number of unbranched alkanes of at least 4 members (excludes halogenated alkanes) is 7. The second-order valence-corrected chi connectivity index (χ2v) is 6.12. The van der Waals surface area contributed by atoms with Gasteiger partial charge in [-0.1, -0.05) is 58.3 Å². The van der Waals surface area contributed by atoms with Gasteiger partial charge in [0.2, 0.25) is 5.91 Å². The summed E-state index contributed by atoms with van der Waals surface area (Å²) in [5, 5.41) is 0. The number of nitrogens with zero attached hydrogens (tertiary/aromatic N) is 1. The molecule has 3 nitrogen and oxygen atoms in total. The number of carbonyl (C=O) groups excluding carboxylic acids is 1. The van der Waals surface area contributed by atoms with Crippen molar-refractivity contribution in [2.75, 3.05) is 20.6 Å². The van der Waals surface area contributed by atoms with Gasteiger partial charge in [-0.25, -0.2) is 0 Å². The van der Waals surface area contributed by atoms with Crippen LogP contribution in [0.3, 0.4) is 0 Å². The van der Waals surface area contributed by atoms with Gasteiger partial charge < -0.3 is 10.6 Å². The average Bonchev–Trinajstić information content (AvgIpc) is 2.44. The van der Waals surface area contributed by atoms with Gasteiger partial charge in [-0.2, -0.15) is 0 Å². The highest BCUT2D eigenvalue weighted by molar-refractivity contribution is 5.78. The Morgan fingerprint density at radius 3 is 1.90 bits per heavy atom. The Labute approximate surface area is 126 Å². The third-order valence-electron chi connectivity index (χ3n) is 3.95. The van der Waals surface area contributed by atoms with Crippen LogP contribution in [0.4, 0.5) is 0 Å². The molecular weight excluding hydrogens is 248 g/mol. The molecule has 3 heteroatoms. The topological polar surface area (TPSA) is 46.3 Å². The average molecular weight is 284 g/mol. The maximum Gasteiger partial charge on any atom is 0.225 e. The third-order valence-corrected chi connectivity index (χ3v) is 3.95. The van der Waals surface area contributed by atoms with Crippen LogP contribution in [0, 0.1) is 5.92 Å². The first-order chi connectivity index (χ1) is 9.63. The number of nitrogens with two attached hydrogens (primary N) is 1. The number of carbonyl (C=O) groups is 1. The molecule has 0 aliphatic rings. The van der Waals surface area contributed by atoms with E-state index in [-0.39, 0.29) is 11.8 Å². The minimum Gasteiger partial charge on any atom is -0.349 e. The molecule has 20 heavy (non-hydrogen) atoms. The smallest absolute Gasteiger partial charge is 0.225 e. The molecule has 0 aromatic heterocycles. The van der Waals surface area contributed by atoms with Gasteiger partial charge in [0.15, 0.2) is 0 Å². The second kappa shape index (κ2) is 13.4. The summed E-state index contributed by atoms with van der Waals surface area (Å²) in [6.07, 6.45) is 13.5. The van der Waals surface area contributed by atoms with Crippen molar-refractivity contribution in [3.8, 4) is 0 Å². The SMILES string of the molecule is CCCCCCCCCCC(CCCN)C(=O)N(C)C. The predicted octanol–water partition coefficient (Wildman–Crippen LogP) is 3.96. The van der Waals surface area contributed by atoms with Crippen LogP contribution >= 0.6 is 0 Å². The third kappa shape index (κ3) is 10.2. The highest BCUT2D eigenvalue weighted by Crippen LogP contribution is 2.18. The van der Waals surface area contributed by atoms with Crippen LogP contribution in [-0.4, -0.2) is 31.4 Å². The van der Waals surface area contributed by atoms with E-state index in [2.05, 4.69) is 6.92 Å². The molecule has 0 radical (unpaired) electrons. The first-order valence-electron chi connectivity index (χ1n) is 8.54. The maximum absolute atomic E-state index is 12.1. The fourth-order valence-electron chi connectivity index (χ4n) is 2.65. The van der Waals surface area contributed by atoms with Crippen molar-refractivity contribution in [2.45, 2.75) is 77.6 Å². The molecule has 1 amide bonds. The van der Waals surface area contributed by atoms with E-state index in [9.17, 15) is 4.79 Å². The van der Waals surface area contributed by atoms with Crippen molar-refractivity contribution in [2.24, 2.45) is 11.7 Å². The zero-order chi connectivity index (χ0) is 15.2. The molecule has 0 aliphatic heterocycles. The van der Waals surface area contributed by atoms with Crippen LogP contribution in [0.2, 0.25) is 0 Å². The molecule has 0 spiro atoms. The Morgan fingerprint density at radius 2 is 1.40 bits per heavy atom. The monoisotopic (exact) mass is 284 g/mol. The molecule has 0 aromatic carbocycles. The van der Waals surface area contributed by atoms with Crippen LogP contribution in [0.15, 0.2) is 0 Å². The van der Waals surface area contributed by atoms with E-state index >= 15 is 0 Å². The van der Waals surface area contributed by atoms with Gasteiger partial charge in [-0.15, -0.1) is 0 Å². The van der Waals surface area contributed by atoms with E-state index in [4.69, 9.17) is 5.73 Å². The van der Waals surface area contributed by atoms with Gasteiger partial charge in [-0.3, -0.25) is 4.79 Å². The first kappa shape index (κ1) is 19.4. The zero-order valence-corrected chi connectivity index (χ0v) is 14.0. The zero-order valence-electron chi connectivity index (χ0n) is 14.0. The summed E-state index contributed by atoms with van der Waals surface area (Å²) in [6.45, 7) is 2.94. The Kier molecular flexibility index (Phi) is 13.0. The second-order valence-electron chi connectivity index (χ2n) is 6.12. The van der Waals surface area contributed by atoms with Crippen molar-refractivity contribution in [3.05, 3.63) is 0 Å². The van der Waals surface area contributed by atoms with Crippen LogP contribution in [0.1, 0.15) is 77.6 Å². The minimum absolute atomic E-state index is 0.189. The predicted molar refractivity (Wildman–Crippen MR) is 87.7 cm³/mol. The van der Waals surface area contributed by atoms with E-state index in [0.717, 1.165) is 19.3 Å². The largest absolute Gasteiger partial charge is 0.349 e. The summed E-state index contributed by atoms with van der Waals surface area (Å²) in [5.41, 5.74) is 5.56. The Balaban J connectivity index is 3.71. The molecule has 0 aliphatic carbocycles. The molecule has 0 saturated carbocycles. The molecule has 2 N–H and O–H groups in total. The molecule has 1 unspecified atom stereocenters. The molecule has 0 aromatic rings. The van der Waals surface area contributed by atoms with Gasteiger partial charge in [0, 0.05) is 20.0 Å². The quantitative estimate of drug-likeness (QED) is 0.520. The van der Waals surface area contributed by atoms with Crippen molar-refractivity contribution < 1.29 is 4.79 Å². The van der Waals surface area contributed by atoms with Gasteiger partial charge in [-0.05, 0) is 25.8 Å². The summed E-state index contributed by atoms with van der Waals surface area (Å²) in [6, 6.07) is 0. The Morgan fingerprint density at radius 1 is 0.900 bits per heavy atom. The van der Waals surface area contributed by atoms with E-state index < -0.39 is 0 Å². The fourth-order valence-corrected chi connectivity index (χ4v) is 2.65. The van der Waals surface area contributed by atoms with Gasteiger partial charge >= 0.3 is 0 Å². The highest BCUT2D eigenvalue weighted by atomic mass is 16.2. The molecule has 0 heterocycles. The lowest BCUT2D eigenvalue weighted by Crippen LogP contribution is -2.30. The van der Waals surface area contributed by atoms with Crippen molar-refractivity contribution in [1.82, 2.24) is 4.90 Å². The summed E-state index contributed by atoms with van der Waals surface area (Å²) >= 11 is 0. The summed E-state index contributed by atoms with van der Waals surface area (Å²) in [5.74, 6) is 0.468. The summed E-state index contributed by atoms with van der Waals surface area (Å²) in [4.78, 5) is 13.8. The van der Waals surface area contributed by atoms with E-state index in [0.29, 0.717) is 6.54 Å². The Hall–Kier alpha value is -0.570. The normalized spacial score (nSPS) is 12.4. The van der Waals surface area contributed by atoms with Crippen molar-refractivity contribution >= 4 is 5.91 Å². The maximum atomic E-state index is 12.1. The van der Waals surface area contributed by atoms with E-state index in [1.165, 1.54) is 51.4 Å². The van der Waals surface area contributed by atoms with Crippen LogP contribution in [0.25, 0.3) is 0 Å². The molecule has 0 bridgehead atoms. The molecule has 0 rings (SSSR count). The summed E-state index contributed by atoms with van der Waals surface area (Å²) < 4.78 is 0. The van der Waals surface area contributed by atoms with E-state index in [1.54, 1.807) is 4.90 Å². The number of hydrogen-bond acceptors (Lipinski definition) is 2. The lowest BCUT2D eigenvalue weighted by Gasteiger charge is -2.20. The minimum atomic E-state index is 0.189. The number of amides is 1. The lowest BCUT2D eigenvalue weighted by atomic mass is 9.94. The highest BCUT2D eigenvalue weighted by Gasteiger charge is 2.18. The van der Waals surface area contributed by atoms with Crippen LogP contribution < -0.4 is 5.73 Å². The molecular formula is C17H36N2O. The van der Waals surface area contributed by atoms with Gasteiger partial charge in [0.25, 0.3) is 0 Å². The van der Waals surface area contributed by atoms with Gasteiger partial charge in [0.05, 0.1) is 0 Å². The molecule has 0 fully saturated rings. The Bertz CT molecular complexity index is 229. The number of rotatable bonds is 13. The standard InChI is InChI=1S/C17H36N2O/c1-4-5-6-7-8-9-10-11-13-16(14-12-15-18)17(20)19(2)3/h16H,4-15,18H2,1-3H3. The van der Waals surface area contributed by atoms with Crippen LogP contribution in [-0.2, 0) is 4.79 Å². The van der Waals surface area contributed by atoms with E-state index in [1.807, 2.05) is 14.1 Å². The molecule has 1 atom stereocenters.